The standard InChI is InChI=1S/C15H15ClN2O4/c16-8-4-5-12-9(6-8)14(20)11(7-22-12)18-15(21)10-2-1-3-13(19)17-10/h4-6,10-11H,1-3,7H2,(H,17,19)(H,18,21). The number of amides is 2. The quantitative estimate of drug-likeness (QED) is 0.853. The van der Waals surface area contributed by atoms with Gasteiger partial charge >= 0.3 is 0 Å². The van der Waals surface area contributed by atoms with Crippen molar-refractivity contribution in [2.75, 3.05) is 6.61 Å². The highest BCUT2D eigenvalue weighted by Gasteiger charge is 2.33. The Balaban J connectivity index is 1.70. The van der Waals surface area contributed by atoms with E-state index in [-0.39, 0.29) is 24.2 Å². The fourth-order valence-electron chi connectivity index (χ4n) is 2.64. The number of ether oxygens (including phenoxy) is 1. The molecule has 2 heterocycles. The number of piperidine rings is 1. The first-order valence-corrected chi connectivity index (χ1v) is 7.48. The highest BCUT2D eigenvalue weighted by Crippen LogP contribution is 2.27. The van der Waals surface area contributed by atoms with Crippen molar-refractivity contribution in [1.29, 1.82) is 0 Å². The number of hydrogen-bond acceptors (Lipinski definition) is 4. The third kappa shape index (κ3) is 2.92. The van der Waals surface area contributed by atoms with Crippen LogP contribution in [0.25, 0.3) is 0 Å². The lowest BCUT2D eigenvalue weighted by Crippen LogP contribution is -2.55. The summed E-state index contributed by atoms with van der Waals surface area (Å²) in [5.41, 5.74) is 0.358. The van der Waals surface area contributed by atoms with Gasteiger partial charge in [0.25, 0.3) is 0 Å². The molecule has 2 aliphatic heterocycles. The third-order valence-electron chi connectivity index (χ3n) is 3.79. The lowest BCUT2D eigenvalue weighted by atomic mass is 9.99. The van der Waals surface area contributed by atoms with Gasteiger partial charge in [-0.1, -0.05) is 11.6 Å². The number of Topliss-reactive ketones (excluding diaryl/α,β-unsaturated/α-hetero) is 1. The van der Waals surface area contributed by atoms with Crippen LogP contribution in [0.4, 0.5) is 0 Å². The summed E-state index contributed by atoms with van der Waals surface area (Å²) in [6.45, 7) is 0.0693. The number of carbonyl (C=O) groups excluding carboxylic acids is 3. The zero-order chi connectivity index (χ0) is 15.7. The maximum atomic E-state index is 12.4. The largest absolute Gasteiger partial charge is 0.490 e. The summed E-state index contributed by atoms with van der Waals surface area (Å²) in [5.74, 6) is -0.277. The summed E-state index contributed by atoms with van der Waals surface area (Å²) >= 11 is 5.89. The molecule has 0 aromatic heterocycles. The SMILES string of the molecule is O=C1CCCC(C(=O)NC2COc3ccc(Cl)cc3C2=O)N1. The molecule has 7 heteroatoms. The molecule has 3 rings (SSSR count). The zero-order valence-electron chi connectivity index (χ0n) is 11.7. The van der Waals surface area contributed by atoms with E-state index in [2.05, 4.69) is 10.6 Å². The van der Waals surface area contributed by atoms with Crippen LogP contribution in [-0.4, -0.2) is 36.3 Å². The summed E-state index contributed by atoms with van der Waals surface area (Å²) in [5, 5.41) is 5.71. The second-order valence-corrected chi connectivity index (χ2v) is 5.83. The summed E-state index contributed by atoms with van der Waals surface area (Å²) < 4.78 is 5.49. The average Bonchev–Trinajstić information content (AvgIpc) is 2.50. The van der Waals surface area contributed by atoms with Crippen molar-refractivity contribution in [3.8, 4) is 5.75 Å². The number of nitrogens with one attached hydrogen (secondary N) is 2. The first-order valence-electron chi connectivity index (χ1n) is 7.11. The van der Waals surface area contributed by atoms with Gasteiger partial charge in [0.05, 0.1) is 5.56 Å². The van der Waals surface area contributed by atoms with Gasteiger partial charge in [0, 0.05) is 11.4 Å². The van der Waals surface area contributed by atoms with Crippen LogP contribution < -0.4 is 15.4 Å². The minimum atomic E-state index is -0.766. The Bertz CT molecular complexity index is 646. The molecule has 0 aliphatic carbocycles. The number of fused-ring (bicyclic) bond motifs is 1. The van der Waals surface area contributed by atoms with E-state index in [1.54, 1.807) is 12.1 Å². The Kier molecular flexibility index (Phi) is 4.02. The van der Waals surface area contributed by atoms with Crippen LogP contribution in [0.15, 0.2) is 18.2 Å². The van der Waals surface area contributed by atoms with E-state index in [0.29, 0.717) is 35.6 Å². The van der Waals surface area contributed by atoms with Crippen LogP contribution in [0.2, 0.25) is 5.02 Å². The second kappa shape index (κ2) is 5.96. The summed E-state index contributed by atoms with van der Waals surface area (Å²) in [7, 11) is 0. The van der Waals surface area contributed by atoms with Gasteiger partial charge in [0.2, 0.25) is 11.8 Å². The fourth-order valence-corrected chi connectivity index (χ4v) is 2.81. The summed E-state index contributed by atoms with van der Waals surface area (Å²) in [6.07, 6.45) is 1.67. The Morgan fingerprint density at radius 3 is 2.95 bits per heavy atom. The normalized spacial score (nSPS) is 24.0. The molecular weight excluding hydrogens is 308 g/mol. The van der Waals surface area contributed by atoms with Crippen molar-refractivity contribution >= 4 is 29.2 Å². The van der Waals surface area contributed by atoms with Gasteiger partial charge in [-0.3, -0.25) is 14.4 Å². The Hall–Kier alpha value is -2.08. The molecule has 0 bridgehead atoms. The first-order chi connectivity index (χ1) is 10.5. The number of ketones is 1. The van der Waals surface area contributed by atoms with E-state index in [4.69, 9.17) is 16.3 Å². The van der Waals surface area contributed by atoms with Gasteiger partial charge in [-0.15, -0.1) is 0 Å². The Labute approximate surface area is 132 Å². The van der Waals surface area contributed by atoms with Crippen molar-refractivity contribution in [3.63, 3.8) is 0 Å². The molecule has 2 atom stereocenters. The van der Waals surface area contributed by atoms with Crippen LogP contribution >= 0.6 is 11.6 Å². The lowest BCUT2D eigenvalue weighted by Gasteiger charge is -2.28. The maximum absolute atomic E-state index is 12.4. The Morgan fingerprint density at radius 1 is 1.36 bits per heavy atom. The second-order valence-electron chi connectivity index (χ2n) is 5.39. The van der Waals surface area contributed by atoms with Crippen LogP contribution in [0.5, 0.6) is 5.75 Å². The molecule has 0 spiro atoms. The number of hydrogen-bond donors (Lipinski definition) is 2. The van der Waals surface area contributed by atoms with Gasteiger partial charge in [-0.25, -0.2) is 0 Å². The summed E-state index contributed by atoms with van der Waals surface area (Å²) in [4.78, 5) is 35.9. The van der Waals surface area contributed by atoms with Gasteiger partial charge in [-0.05, 0) is 31.0 Å². The van der Waals surface area contributed by atoms with E-state index < -0.39 is 12.1 Å². The highest BCUT2D eigenvalue weighted by molar-refractivity contribution is 6.31. The molecule has 1 aromatic rings. The van der Waals surface area contributed by atoms with E-state index in [9.17, 15) is 14.4 Å². The molecule has 22 heavy (non-hydrogen) atoms. The predicted molar refractivity (Wildman–Crippen MR) is 79.0 cm³/mol. The van der Waals surface area contributed by atoms with Gasteiger partial charge in [0.15, 0.2) is 5.78 Å². The molecule has 116 valence electrons. The minimum Gasteiger partial charge on any atom is -0.490 e. The smallest absolute Gasteiger partial charge is 0.243 e. The predicted octanol–water partition coefficient (Wildman–Crippen LogP) is 1.07. The van der Waals surface area contributed by atoms with Crippen molar-refractivity contribution in [2.24, 2.45) is 0 Å². The third-order valence-corrected chi connectivity index (χ3v) is 4.03. The highest BCUT2D eigenvalue weighted by atomic mass is 35.5. The maximum Gasteiger partial charge on any atom is 0.243 e. The molecule has 1 aromatic carbocycles. The van der Waals surface area contributed by atoms with E-state index in [0.717, 1.165) is 0 Å². The average molecular weight is 323 g/mol. The first kappa shape index (κ1) is 14.8. The van der Waals surface area contributed by atoms with Crippen LogP contribution in [0, 0.1) is 0 Å². The molecule has 6 nitrogen and oxygen atoms in total. The Morgan fingerprint density at radius 2 is 2.18 bits per heavy atom. The van der Waals surface area contributed by atoms with Crippen LogP contribution in [0.1, 0.15) is 29.6 Å². The lowest BCUT2D eigenvalue weighted by molar-refractivity contribution is -0.131. The van der Waals surface area contributed by atoms with E-state index >= 15 is 0 Å². The fraction of sp³-hybridized carbons (Fsp3) is 0.400. The van der Waals surface area contributed by atoms with Gasteiger partial charge in [-0.2, -0.15) is 0 Å². The number of carbonyl (C=O) groups is 3. The van der Waals surface area contributed by atoms with E-state index in [1.807, 2.05) is 0 Å². The molecule has 0 radical (unpaired) electrons. The molecule has 2 amide bonds. The molecule has 2 aliphatic rings. The van der Waals surface area contributed by atoms with Crippen LogP contribution in [-0.2, 0) is 9.59 Å². The molecule has 0 saturated carbocycles. The molecule has 2 unspecified atom stereocenters. The molecule has 1 saturated heterocycles. The van der Waals surface area contributed by atoms with E-state index in [1.165, 1.54) is 6.07 Å². The topological polar surface area (TPSA) is 84.5 Å². The number of halogens is 1. The van der Waals surface area contributed by atoms with Crippen molar-refractivity contribution in [3.05, 3.63) is 28.8 Å². The molecule has 2 N–H and O–H groups in total. The summed E-state index contributed by atoms with van der Waals surface area (Å²) in [6, 6.07) is 3.45. The zero-order valence-corrected chi connectivity index (χ0v) is 12.5. The monoisotopic (exact) mass is 322 g/mol. The number of rotatable bonds is 2. The van der Waals surface area contributed by atoms with Gasteiger partial charge < -0.3 is 15.4 Å². The number of benzene rings is 1. The van der Waals surface area contributed by atoms with Crippen molar-refractivity contribution < 1.29 is 19.1 Å². The van der Waals surface area contributed by atoms with Gasteiger partial charge in [0.1, 0.15) is 24.4 Å². The molecule has 1 fully saturated rings. The minimum absolute atomic E-state index is 0.0693. The van der Waals surface area contributed by atoms with Crippen molar-refractivity contribution in [2.45, 2.75) is 31.3 Å². The van der Waals surface area contributed by atoms with Crippen LogP contribution in [0.3, 0.4) is 0 Å². The van der Waals surface area contributed by atoms with Crippen molar-refractivity contribution in [1.82, 2.24) is 10.6 Å². The molecular formula is C15H15ClN2O4.